The Hall–Kier alpha value is -2.80. The summed E-state index contributed by atoms with van der Waals surface area (Å²) in [6.07, 6.45) is 0. The molecule has 5 nitrogen and oxygen atoms in total. The predicted octanol–water partition coefficient (Wildman–Crippen LogP) is 3.57. The van der Waals surface area contributed by atoms with Crippen molar-refractivity contribution in [1.82, 2.24) is 10.6 Å². The van der Waals surface area contributed by atoms with Crippen molar-refractivity contribution in [1.29, 1.82) is 0 Å². The molecule has 1 unspecified atom stereocenters. The molecule has 0 radical (unpaired) electrons. The molecular formula is C22H26F2N2O3. The molecule has 2 aromatic carbocycles. The van der Waals surface area contributed by atoms with Gasteiger partial charge in [-0.3, -0.25) is 9.59 Å². The van der Waals surface area contributed by atoms with Crippen molar-refractivity contribution in [3.63, 3.8) is 0 Å². The van der Waals surface area contributed by atoms with Gasteiger partial charge in [0, 0.05) is 13.2 Å². The lowest BCUT2D eigenvalue weighted by molar-refractivity contribution is -0.124. The first-order valence-electron chi connectivity index (χ1n) is 9.51. The van der Waals surface area contributed by atoms with Crippen LogP contribution in [0.3, 0.4) is 0 Å². The van der Waals surface area contributed by atoms with E-state index in [4.69, 9.17) is 4.74 Å². The normalized spacial score (nSPS) is 11.9. The van der Waals surface area contributed by atoms with Crippen LogP contribution >= 0.6 is 0 Å². The van der Waals surface area contributed by atoms with Crippen LogP contribution in [-0.2, 0) is 22.7 Å². The van der Waals surface area contributed by atoms with Gasteiger partial charge in [-0.1, -0.05) is 44.2 Å². The number of ether oxygens (including phenoxy) is 1. The number of hydrogen-bond donors (Lipinski definition) is 2. The molecule has 7 heteroatoms. The molecule has 0 spiro atoms. The zero-order valence-electron chi connectivity index (χ0n) is 16.8. The van der Waals surface area contributed by atoms with Crippen LogP contribution in [0.15, 0.2) is 42.5 Å². The summed E-state index contributed by atoms with van der Waals surface area (Å²) in [5.74, 6) is -3.62. The fraction of sp³-hybridized carbons (Fsp3) is 0.364. The van der Waals surface area contributed by atoms with Crippen LogP contribution in [0.5, 0.6) is 0 Å². The highest BCUT2D eigenvalue weighted by atomic mass is 19.1. The minimum absolute atomic E-state index is 0.265. The number of rotatable bonds is 9. The molecule has 2 amide bonds. The molecular weight excluding hydrogens is 378 g/mol. The molecule has 0 heterocycles. The first-order valence-corrected chi connectivity index (χ1v) is 9.51. The molecule has 1 atom stereocenters. The Morgan fingerprint density at radius 1 is 1.00 bits per heavy atom. The Morgan fingerprint density at radius 3 is 2.14 bits per heavy atom. The van der Waals surface area contributed by atoms with Gasteiger partial charge >= 0.3 is 0 Å². The first-order chi connectivity index (χ1) is 13.8. The third kappa shape index (κ3) is 6.35. The van der Waals surface area contributed by atoms with E-state index in [-0.39, 0.29) is 12.5 Å². The van der Waals surface area contributed by atoms with Gasteiger partial charge in [-0.05, 0) is 36.1 Å². The van der Waals surface area contributed by atoms with E-state index in [2.05, 4.69) is 10.6 Å². The molecule has 2 rings (SSSR count). The summed E-state index contributed by atoms with van der Waals surface area (Å²) < 4.78 is 33.0. The van der Waals surface area contributed by atoms with Crippen molar-refractivity contribution in [2.75, 3.05) is 6.61 Å². The molecule has 2 N–H and O–H groups in total. The highest BCUT2D eigenvalue weighted by molar-refractivity contribution is 5.98. The fourth-order valence-corrected chi connectivity index (χ4v) is 2.74. The van der Waals surface area contributed by atoms with Crippen molar-refractivity contribution >= 4 is 11.8 Å². The fourth-order valence-electron chi connectivity index (χ4n) is 2.74. The van der Waals surface area contributed by atoms with Crippen molar-refractivity contribution in [2.24, 2.45) is 5.92 Å². The van der Waals surface area contributed by atoms with Crippen molar-refractivity contribution in [2.45, 2.75) is 40.0 Å². The Bertz CT molecular complexity index is 818. The predicted molar refractivity (Wildman–Crippen MR) is 106 cm³/mol. The van der Waals surface area contributed by atoms with Crippen LogP contribution < -0.4 is 10.6 Å². The summed E-state index contributed by atoms with van der Waals surface area (Å²) in [4.78, 5) is 24.9. The van der Waals surface area contributed by atoms with Crippen LogP contribution in [0, 0.1) is 17.6 Å². The van der Waals surface area contributed by atoms with Crippen molar-refractivity contribution in [3.8, 4) is 0 Å². The largest absolute Gasteiger partial charge is 0.377 e. The van der Waals surface area contributed by atoms with Crippen LogP contribution in [0.4, 0.5) is 8.78 Å². The quantitative estimate of drug-likeness (QED) is 0.671. The highest BCUT2D eigenvalue weighted by Gasteiger charge is 2.27. The van der Waals surface area contributed by atoms with Gasteiger partial charge in [-0.2, -0.15) is 0 Å². The average Bonchev–Trinajstić information content (AvgIpc) is 2.69. The molecule has 0 aliphatic heterocycles. The molecule has 156 valence electrons. The molecule has 0 bridgehead atoms. The van der Waals surface area contributed by atoms with E-state index in [0.717, 1.165) is 23.3 Å². The zero-order chi connectivity index (χ0) is 21.4. The maximum atomic E-state index is 13.8. The number of hydrogen-bond acceptors (Lipinski definition) is 3. The lowest BCUT2D eigenvalue weighted by Gasteiger charge is -2.22. The number of carbonyl (C=O) groups is 2. The summed E-state index contributed by atoms with van der Waals surface area (Å²) in [6.45, 7) is 6.83. The second-order valence-corrected chi connectivity index (χ2v) is 6.96. The molecule has 2 aromatic rings. The number of nitrogens with one attached hydrogen (secondary N) is 2. The van der Waals surface area contributed by atoms with Crippen LogP contribution in [-0.4, -0.2) is 24.5 Å². The van der Waals surface area contributed by atoms with Gasteiger partial charge in [-0.15, -0.1) is 0 Å². The first kappa shape index (κ1) is 22.5. The summed E-state index contributed by atoms with van der Waals surface area (Å²) >= 11 is 0. The standard InChI is InChI=1S/C22H26F2N2O3/c1-4-29-13-16-10-8-15(9-11-16)12-25-22(28)20(14(2)3)26-21(27)19-17(23)6-5-7-18(19)24/h5-11,14,20H,4,12-13H2,1-3H3,(H,25,28)(H,26,27). The second-order valence-electron chi connectivity index (χ2n) is 6.96. The molecule has 0 saturated heterocycles. The number of halogens is 2. The third-order valence-electron chi connectivity index (χ3n) is 4.39. The van der Waals surface area contributed by atoms with Crippen LogP contribution in [0.1, 0.15) is 42.3 Å². The van der Waals surface area contributed by atoms with Gasteiger partial charge in [-0.25, -0.2) is 8.78 Å². The second kappa shape index (κ2) is 10.7. The molecule has 0 fully saturated rings. The summed E-state index contributed by atoms with van der Waals surface area (Å²) in [5, 5.41) is 5.19. The minimum Gasteiger partial charge on any atom is -0.377 e. The van der Waals surface area contributed by atoms with Crippen LogP contribution in [0.2, 0.25) is 0 Å². The smallest absolute Gasteiger partial charge is 0.257 e. The minimum atomic E-state index is -0.974. The maximum Gasteiger partial charge on any atom is 0.257 e. The highest BCUT2D eigenvalue weighted by Crippen LogP contribution is 2.13. The number of benzene rings is 2. The Kier molecular flexibility index (Phi) is 8.27. The molecule has 0 aliphatic rings. The topological polar surface area (TPSA) is 67.4 Å². The van der Waals surface area contributed by atoms with E-state index < -0.39 is 35.1 Å². The van der Waals surface area contributed by atoms with Gasteiger partial charge in [0.1, 0.15) is 23.2 Å². The van der Waals surface area contributed by atoms with Gasteiger partial charge in [0.15, 0.2) is 0 Å². The van der Waals surface area contributed by atoms with E-state index in [1.54, 1.807) is 13.8 Å². The number of amides is 2. The zero-order valence-corrected chi connectivity index (χ0v) is 16.8. The molecule has 0 aliphatic carbocycles. The summed E-state index contributed by atoms with van der Waals surface area (Å²) in [7, 11) is 0. The maximum absolute atomic E-state index is 13.8. The van der Waals surface area contributed by atoms with Gasteiger partial charge in [0.25, 0.3) is 5.91 Å². The van der Waals surface area contributed by atoms with Crippen LogP contribution in [0.25, 0.3) is 0 Å². The van der Waals surface area contributed by atoms with Gasteiger partial charge in [0.05, 0.1) is 6.61 Å². The van der Waals surface area contributed by atoms with Crippen molar-refractivity contribution in [3.05, 3.63) is 70.8 Å². The van der Waals surface area contributed by atoms with Crippen molar-refractivity contribution < 1.29 is 23.1 Å². The van der Waals surface area contributed by atoms with E-state index in [0.29, 0.717) is 13.2 Å². The molecule has 29 heavy (non-hydrogen) atoms. The van der Waals surface area contributed by atoms with E-state index in [9.17, 15) is 18.4 Å². The Labute approximate surface area is 169 Å². The number of carbonyl (C=O) groups excluding carboxylic acids is 2. The summed E-state index contributed by atoms with van der Waals surface area (Å²) in [6, 6.07) is 9.83. The third-order valence-corrected chi connectivity index (χ3v) is 4.39. The van der Waals surface area contributed by atoms with Gasteiger partial charge < -0.3 is 15.4 Å². The Morgan fingerprint density at radius 2 is 1.59 bits per heavy atom. The average molecular weight is 404 g/mol. The molecule has 0 aromatic heterocycles. The SMILES string of the molecule is CCOCc1ccc(CNC(=O)C(NC(=O)c2c(F)cccc2F)C(C)C)cc1. The summed E-state index contributed by atoms with van der Waals surface area (Å²) in [5.41, 5.74) is 1.21. The lowest BCUT2D eigenvalue weighted by Crippen LogP contribution is -2.49. The monoisotopic (exact) mass is 404 g/mol. The van der Waals surface area contributed by atoms with E-state index in [1.165, 1.54) is 6.07 Å². The lowest BCUT2D eigenvalue weighted by atomic mass is 10.0. The van der Waals surface area contributed by atoms with E-state index >= 15 is 0 Å². The molecule has 0 saturated carbocycles. The van der Waals surface area contributed by atoms with Gasteiger partial charge in [0.2, 0.25) is 5.91 Å². The van der Waals surface area contributed by atoms with E-state index in [1.807, 2.05) is 31.2 Å². The Balaban J connectivity index is 1.99.